The summed E-state index contributed by atoms with van der Waals surface area (Å²) in [7, 11) is 1.49. The number of hydrogen-bond donors (Lipinski definition) is 0. The van der Waals surface area contributed by atoms with E-state index in [9.17, 15) is 18.0 Å². The van der Waals surface area contributed by atoms with Crippen molar-refractivity contribution in [2.75, 3.05) is 20.3 Å². The highest BCUT2D eigenvalue weighted by molar-refractivity contribution is 5.93. The fourth-order valence-corrected chi connectivity index (χ4v) is 4.96. The molecule has 1 saturated carbocycles. The van der Waals surface area contributed by atoms with E-state index in [1.807, 2.05) is 6.07 Å². The first kappa shape index (κ1) is 28.9. The van der Waals surface area contributed by atoms with E-state index >= 15 is 0 Å². The lowest BCUT2D eigenvalue weighted by atomic mass is 9.63. The molecule has 3 atom stereocenters. The number of alkyl halides is 3. The maximum atomic E-state index is 12.5. The van der Waals surface area contributed by atoms with Gasteiger partial charge in [0.1, 0.15) is 31.3 Å². The van der Waals surface area contributed by atoms with Gasteiger partial charge in [0.05, 0.1) is 31.0 Å². The summed E-state index contributed by atoms with van der Waals surface area (Å²) in [4.78, 5) is 21.8. The average Bonchev–Trinajstić information content (AvgIpc) is 3.44. The molecule has 0 bridgehead atoms. The Morgan fingerprint density at radius 1 is 1.12 bits per heavy atom. The van der Waals surface area contributed by atoms with Gasteiger partial charge in [-0.2, -0.15) is 5.10 Å². The van der Waals surface area contributed by atoms with Crippen LogP contribution in [0.3, 0.4) is 0 Å². The predicted molar refractivity (Wildman–Crippen MR) is 139 cm³/mol. The number of nitrogens with zero attached hydrogens (tertiary/aromatic N) is 4. The summed E-state index contributed by atoms with van der Waals surface area (Å²) in [5.41, 5.74) is 0.863. The van der Waals surface area contributed by atoms with Crippen molar-refractivity contribution < 1.29 is 37.0 Å². The third-order valence-corrected chi connectivity index (χ3v) is 7.06. The van der Waals surface area contributed by atoms with Crippen molar-refractivity contribution in [3.63, 3.8) is 0 Å². The average molecular weight is 561 g/mol. The number of carbonyl (C=O) groups excluding carboxylic acids is 1. The molecule has 0 amide bonds. The Bertz CT molecular complexity index is 1250. The van der Waals surface area contributed by atoms with Crippen LogP contribution in [0.15, 0.2) is 72.4 Å². The third kappa shape index (κ3) is 7.73. The molecule has 3 aromatic rings. The standard InChI is InChI=1S/C28H31F3N4O5/c1-27(14-15-38-26(36)20-6-4-3-5-7-20)13-12-21(24(25(27)34-37-2)16-35-19-32-18-33-35)17-39-22-8-10-23(11-9-22)40-28(29,30)31/h3-11,18-19,21,24H,12-17H2,1-2H3/b34-25-/t21-,24-,27?/m0/s1. The van der Waals surface area contributed by atoms with Crippen molar-refractivity contribution in [1.29, 1.82) is 0 Å². The fraction of sp³-hybridized carbons (Fsp3) is 0.429. The largest absolute Gasteiger partial charge is 0.573 e. The van der Waals surface area contributed by atoms with Gasteiger partial charge in [-0.15, -0.1) is 13.2 Å². The minimum atomic E-state index is -4.76. The van der Waals surface area contributed by atoms with Gasteiger partial charge >= 0.3 is 12.3 Å². The zero-order chi connectivity index (χ0) is 28.6. The summed E-state index contributed by atoms with van der Waals surface area (Å²) in [6, 6.07) is 14.1. The molecule has 1 fully saturated rings. The van der Waals surface area contributed by atoms with Crippen LogP contribution in [-0.4, -0.2) is 53.1 Å². The Morgan fingerprint density at radius 3 is 2.50 bits per heavy atom. The van der Waals surface area contributed by atoms with E-state index in [0.717, 1.165) is 18.6 Å². The molecule has 0 saturated heterocycles. The second-order valence-corrected chi connectivity index (χ2v) is 9.82. The van der Waals surface area contributed by atoms with Gasteiger partial charge in [-0.25, -0.2) is 9.78 Å². The molecule has 214 valence electrons. The van der Waals surface area contributed by atoms with Gasteiger partial charge in [0.25, 0.3) is 0 Å². The van der Waals surface area contributed by atoms with Crippen LogP contribution in [0.5, 0.6) is 11.5 Å². The SMILES string of the molecule is CO/N=C1/[C@@H](Cn2cncn2)[C@H](COc2ccc(OC(F)(F)F)cc2)CCC1(C)CCOC(=O)c1ccccc1. The molecule has 4 rings (SSSR count). The van der Waals surface area contributed by atoms with Crippen LogP contribution in [0, 0.1) is 17.3 Å². The number of hydrogen-bond acceptors (Lipinski definition) is 8. The summed E-state index contributed by atoms with van der Waals surface area (Å²) in [5, 5.41) is 8.70. The Hall–Kier alpha value is -4.09. The molecular formula is C28H31F3N4O5. The topological polar surface area (TPSA) is 97.1 Å². The molecule has 0 radical (unpaired) electrons. The quantitative estimate of drug-likeness (QED) is 0.224. The number of rotatable bonds is 11. The Kier molecular flexibility index (Phi) is 9.28. The molecule has 0 aliphatic heterocycles. The molecule has 1 aliphatic carbocycles. The van der Waals surface area contributed by atoms with E-state index in [1.54, 1.807) is 35.3 Å². The summed E-state index contributed by atoms with van der Waals surface area (Å²) >= 11 is 0. The fourth-order valence-electron chi connectivity index (χ4n) is 4.96. The second kappa shape index (κ2) is 12.8. The van der Waals surface area contributed by atoms with Crippen LogP contribution >= 0.6 is 0 Å². The van der Waals surface area contributed by atoms with Crippen molar-refractivity contribution in [3.05, 3.63) is 72.8 Å². The third-order valence-electron chi connectivity index (χ3n) is 7.06. The molecule has 9 nitrogen and oxygen atoms in total. The lowest BCUT2D eigenvalue weighted by Gasteiger charge is -2.43. The van der Waals surface area contributed by atoms with E-state index in [4.69, 9.17) is 14.3 Å². The highest BCUT2D eigenvalue weighted by Gasteiger charge is 2.45. The van der Waals surface area contributed by atoms with Crippen LogP contribution in [0.4, 0.5) is 13.2 Å². The number of carbonyl (C=O) groups is 1. The van der Waals surface area contributed by atoms with Crippen LogP contribution in [-0.2, 0) is 16.1 Å². The molecule has 1 aromatic heterocycles. The molecule has 12 heteroatoms. The van der Waals surface area contributed by atoms with Gasteiger partial charge in [0.2, 0.25) is 0 Å². The number of oxime groups is 1. The number of benzene rings is 2. The molecule has 0 spiro atoms. The molecule has 1 unspecified atom stereocenters. The number of halogens is 3. The highest BCUT2D eigenvalue weighted by atomic mass is 19.4. The Labute approximate surface area is 229 Å². The lowest BCUT2D eigenvalue weighted by Crippen LogP contribution is -2.46. The van der Waals surface area contributed by atoms with Gasteiger partial charge in [-0.3, -0.25) is 4.68 Å². The van der Waals surface area contributed by atoms with Crippen molar-refractivity contribution in [2.24, 2.45) is 22.4 Å². The van der Waals surface area contributed by atoms with Crippen LogP contribution in [0.1, 0.15) is 36.5 Å². The minimum Gasteiger partial charge on any atom is -0.493 e. The molecule has 0 N–H and O–H groups in total. The minimum absolute atomic E-state index is 0.0101. The van der Waals surface area contributed by atoms with E-state index in [-0.39, 0.29) is 30.2 Å². The van der Waals surface area contributed by atoms with Gasteiger partial charge in [0, 0.05) is 17.3 Å². The molecule has 1 aliphatic rings. The maximum Gasteiger partial charge on any atom is 0.573 e. The second-order valence-electron chi connectivity index (χ2n) is 9.82. The number of ether oxygens (including phenoxy) is 3. The first-order valence-corrected chi connectivity index (χ1v) is 12.8. The lowest BCUT2D eigenvalue weighted by molar-refractivity contribution is -0.274. The summed E-state index contributed by atoms with van der Waals surface area (Å²) in [6.07, 6.45) is 0.348. The smallest absolute Gasteiger partial charge is 0.493 e. The zero-order valence-electron chi connectivity index (χ0n) is 22.2. The summed E-state index contributed by atoms with van der Waals surface area (Å²) in [5.74, 6) is -0.454. The van der Waals surface area contributed by atoms with E-state index in [1.165, 1.54) is 37.7 Å². The van der Waals surface area contributed by atoms with Crippen LogP contribution < -0.4 is 9.47 Å². The molecule has 2 aromatic carbocycles. The molecule has 40 heavy (non-hydrogen) atoms. The zero-order valence-corrected chi connectivity index (χ0v) is 22.2. The van der Waals surface area contributed by atoms with Crippen molar-refractivity contribution in [1.82, 2.24) is 14.8 Å². The molecular weight excluding hydrogens is 529 g/mol. The monoisotopic (exact) mass is 560 g/mol. The maximum absolute atomic E-state index is 12.5. The van der Waals surface area contributed by atoms with Gasteiger partial charge in [-0.05, 0) is 55.7 Å². The first-order chi connectivity index (χ1) is 19.2. The van der Waals surface area contributed by atoms with Gasteiger partial charge in [0.15, 0.2) is 0 Å². The van der Waals surface area contributed by atoms with Crippen LogP contribution in [0.25, 0.3) is 0 Å². The van der Waals surface area contributed by atoms with Crippen LogP contribution in [0.2, 0.25) is 0 Å². The van der Waals surface area contributed by atoms with Crippen molar-refractivity contribution in [3.8, 4) is 11.5 Å². The Balaban J connectivity index is 1.46. The normalized spacial score (nSPS) is 22.1. The van der Waals surface area contributed by atoms with E-state index < -0.39 is 11.8 Å². The molecule has 1 heterocycles. The van der Waals surface area contributed by atoms with Crippen molar-refractivity contribution >= 4 is 11.7 Å². The first-order valence-electron chi connectivity index (χ1n) is 12.8. The predicted octanol–water partition coefficient (Wildman–Crippen LogP) is 5.54. The summed E-state index contributed by atoms with van der Waals surface area (Å²) < 4.78 is 54.6. The van der Waals surface area contributed by atoms with E-state index in [0.29, 0.717) is 30.9 Å². The number of esters is 1. The summed E-state index contributed by atoms with van der Waals surface area (Å²) in [6.45, 7) is 3.04. The van der Waals surface area contributed by atoms with Gasteiger partial charge < -0.3 is 19.0 Å². The Morgan fingerprint density at radius 2 is 1.85 bits per heavy atom. The highest BCUT2D eigenvalue weighted by Crippen LogP contribution is 2.43. The number of aromatic nitrogens is 3. The van der Waals surface area contributed by atoms with Gasteiger partial charge in [-0.1, -0.05) is 30.3 Å². The van der Waals surface area contributed by atoms with Crippen molar-refractivity contribution in [2.45, 2.75) is 39.1 Å². The van der Waals surface area contributed by atoms with E-state index in [2.05, 4.69) is 26.9 Å².